The summed E-state index contributed by atoms with van der Waals surface area (Å²) in [5.74, 6) is 0.639. The minimum Gasteiger partial charge on any atom is -0.495 e. The highest BCUT2D eigenvalue weighted by Gasteiger charge is 2.23. The van der Waals surface area contributed by atoms with Crippen molar-refractivity contribution in [3.05, 3.63) is 24.0 Å². The van der Waals surface area contributed by atoms with Crippen molar-refractivity contribution in [1.82, 2.24) is 10.3 Å². The van der Waals surface area contributed by atoms with E-state index in [2.05, 4.69) is 10.3 Å². The summed E-state index contributed by atoms with van der Waals surface area (Å²) in [5, 5.41) is 13.4. The molecule has 0 saturated heterocycles. The third-order valence-electron chi connectivity index (χ3n) is 2.52. The normalized spacial score (nSPS) is 14.4. The SMILES string of the molecule is COCCNCC(C)(O)c1cncc(OC)c1. The van der Waals surface area contributed by atoms with Crippen molar-refractivity contribution in [3.63, 3.8) is 0 Å². The molecule has 0 radical (unpaired) electrons. The van der Waals surface area contributed by atoms with Crippen LogP contribution in [0.15, 0.2) is 18.5 Å². The van der Waals surface area contributed by atoms with E-state index in [-0.39, 0.29) is 0 Å². The second kappa shape index (κ2) is 6.54. The summed E-state index contributed by atoms with van der Waals surface area (Å²) in [7, 11) is 3.22. The van der Waals surface area contributed by atoms with Gasteiger partial charge in [-0.15, -0.1) is 0 Å². The van der Waals surface area contributed by atoms with Crippen LogP contribution in [0.25, 0.3) is 0 Å². The van der Waals surface area contributed by atoms with Crippen LogP contribution in [0.3, 0.4) is 0 Å². The summed E-state index contributed by atoms with van der Waals surface area (Å²) >= 11 is 0. The Labute approximate surface area is 102 Å². The van der Waals surface area contributed by atoms with Crippen LogP contribution in [0.5, 0.6) is 5.75 Å². The topological polar surface area (TPSA) is 63.6 Å². The highest BCUT2D eigenvalue weighted by Crippen LogP contribution is 2.22. The number of rotatable bonds is 7. The summed E-state index contributed by atoms with van der Waals surface area (Å²) in [5.41, 5.74) is -0.253. The van der Waals surface area contributed by atoms with Crippen molar-refractivity contribution >= 4 is 0 Å². The van der Waals surface area contributed by atoms with Crippen molar-refractivity contribution in [1.29, 1.82) is 0 Å². The second-order valence-corrected chi connectivity index (χ2v) is 4.06. The van der Waals surface area contributed by atoms with Crippen LogP contribution in [0.1, 0.15) is 12.5 Å². The molecule has 5 heteroatoms. The van der Waals surface area contributed by atoms with E-state index in [0.29, 0.717) is 25.4 Å². The van der Waals surface area contributed by atoms with Gasteiger partial charge in [0.05, 0.1) is 19.9 Å². The zero-order valence-corrected chi connectivity index (χ0v) is 10.6. The van der Waals surface area contributed by atoms with E-state index < -0.39 is 5.60 Å². The number of nitrogens with zero attached hydrogens (tertiary/aromatic N) is 1. The van der Waals surface area contributed by atoms with Crippen LogP contribution in [0.4, 0.5) is 0 Å². The summed E-state index contributed by atoms with van der Waals surface area (Å²) in [6.07, 6.45) is 3.25. The lowest BCUT2D eigenvalue weighted by molar-refractivity contribution is 0.0544. The molecule has 2 N–H and O–H groups in total. The molecule has 0 spiro atoms. The van der Waals surface area contributed by atoms with Crippen LogP contribution in [-0.4, -0.2) is 44.0 Å². The molecule has 0 aliphatic rings. The number of hydrogen-bond donors (Lipinski definition) is 2. The Bertz CT molecular complexity index is 342. The molecule has 1 atom stereocenters. The Hall–Kier alpha value is -1.17. The zero-order valence-electron chi connectivity index (χ0n) is 10.6. The molecule has 96 valence electrons. The maximum absolute atomic E-state index is 10.3. The highest BCUT2D eigenvalue weighted by atomic mass is 16.5. The number of pyridine rings is 1. The smallest absolute Gasteiger partial charge is 0.137 e. The molecule has 5 nitrogen and oxygen atoms in total. The second-order valence-electron chi connectivity index (χ2n) is 4.06. The quantitative estimate of drug-likeness (QED) is 0.681. The lowest BCUT2D eigenvalue weighted by atomic mass is 9.97. The van der Waals surface area contributed by atoms with Crippen LogP contribution in [0.2, 0.25) is 0 Å². The standard InChI is InChI=1S/C12H20N2O3/c1-12(15,9-13-4-5-16-2)10-6-11(17-3)8-14-7-10/h6-8,13,15H,4-5,9H2,1-3H3. The van der Waals surface area contributed by atoms with Crippen molar-refractivity contribution in [2.75, 3.05) is 33.9 Å². The van der Waals surface area contributed by atoms with Gasteiger partial charge < -0.3 is 19.9 Å². The molecule has 0 saturated carbocycles. The fourth-order valence-corrected chi connectivity index (χ4v) is 1.43. The number of ether oxygens (including phenoxy) is 2. The van der Waals surface area contributed by atoms with E-state index in [9.17, 15) is 5.11 Å². The number of nitrogens with one attached hydrogen (secondary N) is 1. The van der Waals surface area contributed by atoms with Crippen LogP contribution in [0, 0.1) is 0 Å². The van der Waals surface area contributed by atoms with Gasteiger partial charge in [0.25, 0.3) is 0 Å². The first-order chi connectivity index (χ1) is 8.10. The van der Waals surface area contributed by atoms with Crippen molar-refractivity contribution < 1.29 is 14.6 Å². The first kappa shape index (κ1) is 13.9. The van der Waals surface area contributed by atoms with Gasteiger partial charge in [0, 0.05) is 32.0 Å². The molecule has 0 aliphatic heterocycles. The van der Waals surface area contributed by atoms with Gasteiger partial charge in [0.15, 0.2) is 0 Å². The first-order valence-corrected chi connectivity index (χ1v) is 5.51. The van der Waals surface area contributed by atoms with Crippen molar-refractivity contribution in [3.8, 4) is 5.75 Å². The molecular weight excluding hydrogens is 220 g/mol. The van der Waals surface area contributed by atoms with Crippen LogP contribution >= 0.6 is 0 Å². The van der Waals surface area contributed by atoms with Gasteiger partial charge in [-0.25, -0.2) is 0 Å². The van der Waals surface area contributed by atoms with Crippen molar-refractivity contribution in [2.45, 2.75) is 12.5 Å². The summed E-state index contributed by atoms with van der Waals surface area (Å²) in [6, 6.07) is 1.78. The molecule has 0 aliphatic carbocycles. The minimum absolute atomic E-state index is 0.436. The molecule has 1 rings (SSSR count). The van der Waals surface area contributed by atoms with E-state index in [1.807, 2.05) is 0 Å². The van der Waals surface area contributed by atoms with Crippen molar-refractivity contribution in [2.24, 2.45) is 0 Å². The Balaban J connectivity index is 2.61. The van der Waals surface area contributed by atoms with Gasteiger partial charge in [0.2, 0.25) is 0 Å². The molecule has 1 aromatic heterocycles. The first-order valence-electron chi connectivity index (χ1n) is 5.51. The molecular formula is C12H20N2O3. The van der Waals surface area contributed by atoms with E-state index in [0.717, 1.165) is 5.56 Å². The van der Waals surface area contributed by atoms with Gasteiger partial charge in [-0.2, -0.15) is 0 Å². The Morgan fingerprint density at radius 1 is 1.41 bits per heavy atom. The Kier molecular flexibility index (Phi) is 5.34. The van der Waals surface area contributed by atoms with Gasteiger partial charge in [0.1, 0.15) is 11.4 Å². The van der Waals surface area contributed by atoms with Crippen LogP contribution < -0.4 is 10.1 Å². The van der Waals surface area contributed by atoms with Gasteiger partial charge in [-0.3, -0.25) is 4.98 Å². The Morgan fingerprint density at radius 3 is 2.82 bits per heavy atom. The highest BCUT2D eigenvalue weighted by molar-refractivity contribution is 5.27. The molecule has 1 aromatic rings. The van der Waals surface area contributed by atoms with Gasteiger partial charge in [-0.05, 0) is 13.0 Å². The van der Waals surface area contributed by atoms with E-state index in [1.165, 1.54) is 0 Å². The summed E-state index contributed by atoms with van der Waals surface area (Å²) in [6.45, 7) is 3.49. The number of hydrogen-bond acceptors (Lipinski definition) is 5. The van der Waals surface area contributed by atoms with Crippen LogP contribution in [-0.2, 0) is 10.3 Å². The average molecular weight is 240 g/mol. The maximum Gasteiger partial charge on any atom is 0.137 e. The largest absolute Gasteiger partial charge is 0.495 e. The third-order valence-corrected chi connectivity index (χ3v) is 2.52. The predicted molar refractivity (Wildman–Crippen MR) is 65.1 cm³/mol. The summed E-state index contributed by atoms with van der Waals surface area (Å²) in [4.78, 5) is 4.03. The molecule has 0 bridgehead atoms. The molecule has 17 heavy (non-hydrogen) atoms. The number of methoxy groups -OCH3 is 2. The summed E-state index contributed by atoms with van der Waals surface area (Å²) < 4.78 is 10.0. The average Bonchev–Trinajstić information content (AvgIpc) is 2.35. The van der Waals surface area contributed by atoms with E-state index >= 15 is 0 Å². The van der Waals surface area contributed by atoms with Gasteiger partial charge >= 0.3 is 0 Å². The fourth-order valence-electron chi connectivity index (χ4n) is 1.43. The monoisotopic (exact) mass is 240 g/mol. The zero-order chi connectivity index (χ0) is 12.7. The van der Waals surface area contributed by atoms with E-state index in [1.54, 1.807) is 39.6 Å². The molecule has 0 aromatic carbocycles. The number of aromatic nitrogens is 1. The van der Waals surface area contributed by atoms with Gasteiger partial charge in [-0.1, -0.05) is 0 Å². The molecule has 0 amide bonds. The lowest BCUT2D eigenvalue weighted by Gasteiger charge is -2.24. The minimum atomic E-state index is -0.977. The molecule has 1 heterocycles. The fraction of sp³-hybridized carbons (Fsp3) is 0.583. The predicted octanol–water partition coefficient (Wildman–Crippen LogP) is 0.534. The number of aliphatic hydroxyl groups is 1. The van der Waals surface area contributed by atoms with E-state index in [4.69, 9.17) is 9.47 Å². The molecule has 0 fully saturated rings. The third kappa shape index (κ3) is 4.30. The lowest BCUT2D eigenvalue weighted by Crippen LogP contribution is -2.36. The molecule has 1 unspecified atom stereocenters. The Morgan fingerprint density at radius 2 is 2.18 bits per heavy atom. The maximum atomic E-state index is 10.3.